The maximum absolute atomic E-state index is 12.6. The zero-order chi connectivity index (χ0) is 11.1. The van der Waals surface area contributed by atoms with Gasteiger partial charge in [-0.05, 0) is 18.2 Å². The predicted octanol–water partition coefficient (Wildman–Crippen LogP) is 3.91. The van der Waals surface area contributed by atoms with Crippen molar-refractivity contribution in [2.45, 2.75) is 6.18 Å². The molecule has 2 aromatic rings. The van der Waals surface area contributed by atoms with E-state index in [0.29, 0.717) is 0 Å². The van der Waals surface area contributed by atoms with Gasteiger partial charge in [-0.1, -0.05) is 17.7 Å². The molecule has 0 unspecified atom stereocenters. The number of halogens is 4. The molecule has 0 saturated heterocycles. The molecule has 0 radical (unpaired) electrons. The minimum absolute atomic E-state index is 0.0471. The van der Waals surface area contributed by atoms with Crippen LogP contribution in [0.25, 0.3) is 10.9 Å². The van der Waals surface area contributed by atoms with Gasteiger partial charge in [0, 0.05) is 11.6 Å². The monoisotopic (exact) mass is 231 g/mol. The highest BCUT2D eigenvalue weighted by molar-refractivity contribution is 6.35. The SMILES string of the molecule is FC(F)(F)c1cccc2nccc(Cl)c12. The van der Waals surface area contributed by atoms with Crippen LogP contribution in [0.2, 0.25) is 5.02 Å². The number of alkyl halides is 3. The number of hydrogen-bond donors (Lipinski definition) is 0. The van der Waals surface area contributed by atoms with Crippen molar-refractivity contribution in [1.82, 2.24) is 4.98 Å². The molecule has 0 aliphatic heterocycles. The average molecular weight is 232 g/mol. The first kappa shape index (κ1) is 10.2. The van der Waals surface area contributed by atoms with Gasteiger partial charge < -0.3 is 0 Å². The van der Waals surface area contributed by atoms with Gasteiger partial charge in [0.05, 0.1) is 16.1 Å². The van der Waals surface area contributed by atoms with Gasteiger partial charge in [-0.2, -0.15) is 13.2 Å². The van der Waals surface area contributed by atoms with E-state index >= 15 is 0 Å². The van der Waals surface area contributed by atoms with Gasteiger partial charge in [-0.3, -0.25) is 4.98 Å². The lowest BCUT2D eigenvalue weighted by Crippen LogP contribution is -2.06. The van der Waals surface area contributed by atoms with Crippen LogP contribution < -0.4 is 0 Å². The van der Waals surface area contributed by atoms with E-state index in [1.165, 1.54) is 24.4 Å². The van der Waals surface area contributed by atoms with Crippen LogP contribution in [0, 0.1) is 0 Å². The minimum atomic E-state index is -4.41. The lowest BCUT2D eigenvalue weighted by Gasteiger charge is -2.10. The molecule has 0 aliphatic rings. The van der Waals surface area contributed by atoms with Gasteiger partial charge in [0.1, 0.15) is 0 Å². The number of pyridine rings is 1. The van der Waals surface area contributed by atoms with Crippen LogP contribution in [0.1, 0.15) is 5.56 Å². The lowest BCUT2D eigenvalue weighted by molar-refractivity contribution is -0.136. The summed E-state index contributed by atoms with van der Waals surface area (Å²) < 4.78 is 37.8. The second-order valence-electron chi connectivity index (χ2n) is 2.99. The van der Waals surface area contributed by atoms with Crippen molar-refractivity contribution in [3.05, 3.63) is 41.0 Å². The molecule has 1 aromatic carbocycles. The Labute approximate surface area is 88.5 Å². The highest BCUT2D eigenvalue weighted by Gasteiger charge is 2.33. The molecule has 1 aromatic heterocycles. The molecular formula is C10H5ClF3N. The van der Waals surface area contributed by atoms with Crippen LogP contribution in [0.5, 0.6) is 0 Å². The molecule has 5 heteroatoms. The summed E-state index contributed by atoms with van der Waals surface area (Å²) in [5, 5.41) is 0.0158. The van der Waals surface area contributed by atoms with Crippen LogP contribution in [0.4, 0.5) is 13.2 Å². The first-order valence-electron chi connectivity index (χ1n) is 4.10. The molecule has 0 amide bonds. The first-order valence-corrected chi connectivity index (χ1v) is 4.48. The first-order chi connectivity index (χ1) is 7.00. The zero-order valence-corrected chi connectivity index (χ0v) is 8.10. The summed E-state index contributed by atoms with van der Waals surface area (Å²) in [4.78, 5) is 3.83. The second kappa shape index (κ2) is 3.38. The van der Waals surface area contributed by atoms with Gasteiger partial charge in [0.2, 0.25) is 0 Å². The molecule has 1 heterocycles. The Balaban J connectivity index is 2.86. The van der Waals surface area contributed by atoms with Gasteiger partial charge in [-0.25, -0.2) is 0 Å². The van der Waals surface area contributed by atoms with Crippen molar-refractivity contribution < 1.29 is 13.2 Å². The minimum Gasteiger partial charge on any atom is -0.256 e. The highest BCUT2D eigenvalue weighted by atomic mass is 35.5. The smallest absolute Gasteiger partial charge is 0.256 e. The molecule has 0 N–H and O–H groups in total. The Morgan fingerprint density at radius 2 is 1.87 bits per heavy atom. The standard InChI is InChI=1S/C10H5ClF3N/c11-7-4-5-15-8-3-1-2-6(9(7)8)10(12,13)14/h1-5H. The van der Waals surface area contributed by atoms with Crippen molar-refractivity contribution in [3.63, 3.8) is 0 Å². The Hall–Kier alpha value is -1.29. The summed E-state index contributed by atoms with van der Waals surface area (Å²) in [6.45, 7) is 0. The maximum Gasteiger partial charge on any atom is 0.417 e. The molecule has 0 saturated carbocycles. The number of aromatic nitrogens is 1. The van der Waals surface area contributed by atoms with Crippen molar-refractivity contribution in [2.75, 3.05) is 0 Å². The Morgan fingerprint density at radius 1 is 1.13 bits per heavy atom. The normalized spacial score (nSPS) is 12.0. The molecule has 0 spiro atoms. The fourth-order valence-corrected chi connectivity index (χ4v) is 1.66. The van der Waals surface area contributed by atoms with E-state index < -0.39 is 11.7 Å². The lowest BCUT2D eigenvalue weighted by atomic mass is 10.1. The summed E-state index contributed by atoms with van der Waals surface area (Å²) in [6.07, 6.45) is -3.03. The van der Waals surface area contributed by atoms with Crippen LogP contribution in [0.3, 0.4) is 0 Å². The third-order valence-corrected chi connectivity index (χ3v) is 2.34. The maximum atomic E-state index is 12.6. The Bertz CT molecular complexity index is 502. The molecule has 0 atom stereocenters. The fourth-order valence-electron chi connectivity index (χ4n) is 1.40. The third-order valence-electron chi connectivity index (χ3n) is 2.02. The van der Waals surface area contributed by atoms with Gasteiger partial charge in [0.15, 0.2) is 0 Å². The van der Waals surface area contributed by atoms with E-state index in [0.717, 1.165) is 6.07 Å². The number of rotatable bonds is 0. The van der Waals surface area contributed by atoms with E-state index in [1.807, 2.05) is 0 Å². The van der Waals surface area contributed by atoms with E-state index in [-0.39, 0.29) is 15.9 Å². The molecule has 15 heavy (non-hydrogen) atoms. The van der Waals surface area contributed by atoms with Crippen LogP contribution >= 0.6 is 11.6 Å². The summed E-state index contributed by atoms with van der Waals surface area (Å²) in [6, 6.07) is 5.15. The largest absolute Gasteiger partial charge is 0.417 e. The van der Waals surface area contributed by atoms with Crippen LogP contribution in [-0.4, -0.2) is 4.98 Å². The number of hydrogen-bond acceptors (Lipinski definition) is 1. The Kier molecular flexibility index (Phi) is 2.31. The highest BCUT2D eigenvalue weighted by Crippen LogP contribution is 2.36. The van der Waals surface area contributed by atoms with E-state index in [4.69, 9.17) is 11.6 Å². The average Bonchev–Trinajstić information content (AvgIpc) is 2.16. The van der Waals surface area contributed by atoms with E-state index in [1.54, 1.807) is 0 Å². The third kappa shape index (κ3) is 1.77. The second-order valence-corrected chi connectivity index (χ2v) is 3.40. The molecule has 2 rings (SSSR count). The molecule has 1 nitrogen and oxygen atoms in total. The zero-order valence-electron chi connectivity index (χ0n) is 7.35. The number of benzene rings is 1. The van der Waals surface area contributed by atoms with Gasteiger partial charge >= 0.3 is 6.18 Å². The predicted molar refractivity (Wildman–Crippen MR) is 51.8 cm³/mol. The number of nitrogens with zero attached hydrogens (tertiary/aromatic N) is 1. The Morgan fingerprint density at radius 3 is 2.53 bits per heavy atom. The van der Waals surface area contributed by atoms with Crippen molar-refractivity contribution >= 4 is 22.5 Å². The van der Waals surface area contributed by atoms with Crippen LogP contribution in [-0.2, 0) is 6.18 Å². The van der Waals surface area contributed by atoms with Crippen LogP contribution in [0.15, 0.2) is 30.5 Å². The van der Waals surface area contributed by atoms with Gasteiger partial charge in [-0.15, -0.1) is 0 Å². The quantitative estimate of drug-likeness (QED) is 0.670. The van der Waals surface area contributed by atoms with Crippen molar-refractivity contribution in [3.8, 4) is 0 Å². The molecule has 0 aliphatic carbocycles. The summed E-state index contributed by atoms with van der Waals surface area (Å²) in [7, 11) is 0. The molecule has 0 bridgehead atoms. The summed E-state index contributed by atoms with van der Waals surface area (Å²) >= 11 is 5.73. The number of fused-ring (bicyclic) bond motifs is 1. The van der Waals surface area contributed by atoms with E-state index in [9.17, 15) is 13.2 Å². The molecular weight excluding hydrogens is 227 g/mol. The van der Waals surface area contributed by atoms with E-state index in [2.05, 4.69) is 4.98 Å². The molecule has 78 valence electrons. The molecule has 0 fully saturated rings. The van der Waals surface area contributed by atoms with Crippen molar-refractivity contribution in [2.24, 2.45) is 0 Å². The topological polar surface area (TPSA) is 12.9 Å². The van der Waals surface area contributed by atoms with Crippen molar-refractivity contribution in [1.29, 1.82) is 0 Å². The van der Waals surface area contributed by atoms with Gasteiger partial charge in [0.25, 0.3) is 0 Å². The summed E-state index contributed by atoms with van der Waals surface area (Å²) in [5.41, 5.74) is -0.504. The fraction of sp³-hybridized carbons (Fsp3) is 0.100. The summed E-state index contributed by atoms with van der Waals surface area (Å²) in [5.74, 6) is 0.